The molecule has 4 N–H and O–H groups in total. The van der Waals surface area contributed by atoms with Crippen LogP contribution < -0.4 is 10.6 Å². The Morgan fingerprint density at radius 1 is 0.667 bits per heavy atom. The van der Waals surface area contributed by atoms with Crippen LogP contribution in [0, 0.1) is 0 Å². The third-order valence-corrected chi connectivity index (χ3v) is 3.58. The van der Waals surface area contributed by atoms with Crippen molar-refractivity contribution in [2.24, 2.45) is 0 Å². The second-order valence-corrected chi connectivity index (χ2v) is 5.74. The topological polar surface area (TPSA) is 98.7 Å². The summed E-state index contributed by atoms with van der Waals surface area (Å²) in [5.74, 6) is -0.0952. The van der Waals surface area contributed by atoms with E-state index in [1.54, 1.807) is 24.3 Å². The van der Waals surface area contributed by atoms with Crippen molar-refractivity contribution >= 4 is 23.2 Å². The van der Waals surface area contributed by atoms with Crippen molar-refractivity contribution < 1.29 is 19.8 Å². The normalized spacial score (nSPS) is 10.4. The maximum atomic E-state index is 11.7. The molecule has 0 radical (unpaired) electrons. The first kappa shape index (κ1) is 20.1. The monoisotopic (exact) mass is 336 g/mol. The van der Waals surface area contributed by atoms with Gasteiger partial charge in [0.2, 0.25) is 11.8 Å². The summed E-state index contributed by atoms with van der Waals surface area (Å²) >= 11 is 0. The second-order valence-electron chi connectivity index (χ2n) is 5.74. The third kappa shape index (κ3) is 9.27. The van der Waals surface area contributed by atoms with Gasteiger partial charge in [-0.1, -0.05) is 12.8 Å². The second kappa shape index (κ2) is 12.5. The molecule has 0 unspecified atom stereocenters. The average molecular weight is 336 g/mol. The van der Waals surface area contributed by atoms with Gasteiger partial charge in [-0.15, -0.1) is 0 Å². The number of aliphatic hydroxyl groups is 2. The molecule has 0 spiro atoms. The van der Waals surface area contributed by atoms with E-state index < -0.39 is 0 Å². The lowest BCUT2D eigenvalue weighted by atomic mass is 10.2. The molecule has 24 heavy (non-hydrogen) atoms. The Labute approximate surface area is 143 Å². The summed E-state index contributed by atoms with van der Waals surface area (Å²) < 4.78 is 0. The van der Waals surface area contributed by atoms with Crippen LogP contribution in [-0.2, 0) is 9.59 Å². The zero-order chi connectivity index (χ0) is 17.6. The summed E-state index contributed by atoms with van der Waals surface area (Å²) in [6.07, 6.45) is 5.52. The largest absolute Gasteiger partial charge is 0.396 e. The predicted octanol–water partition coefficient (Wildman–Crippen LogP) is 2.67. The van der Waals surface area contributed by atoms with E-state index in [0.29, 0.717) is 24.2 Å². The van der Waals surface area contributed by atoms with E-state index in [2.05, 4.69) is 10.6 Å². The third-order valence-electron chi connectivity index (χ3n) is 3.58. The first-order valence-corrected chi connectivity index (χ1v) is 8.57. The van der Waals surface area contributed by atoms with Gasteiger partial charge in [0.15, 0.2) is 0 Å². The van der Waals surface area contributed by atoms with Crippen molar-refractivity contribution in [1.82, 2.24) is 0 Å². The van der Waals surface area contributed by atoms with Gasteiger partial charge in [-0.05, 0) is 49.9 Å². The van der Waals surface area contributed by atoms with Gasteiger partial charge in [-0.3, -0.25) is 9.59 Å². The SMILES string of the molecule is O=C(CCCCCO)Nc1ccc(NC(=O)CCCCCO)cc1. The van der Waals surface area contributed by atoms with Crippen LogP contribution in [0.1, 0.15) is 51.4 Å². The number of rotatable bonds is 12. The summed E-state index contributed by atoms with van der Waals surface area (Å²) in [7, 11) is 0. The molecule has 1 rings (SSSR count). The van der Waals surface area contributed by atoms with Gasteiger partial charge >= 0.3 is 0 Å². The zero-order valence-electron chi connectivity index (χ0n) is 14.1. The molecular weight excluding hydrogens is 308 g/mol. The molecule has 134 valence electrons. The van der Waals surface area contributed by atoms with Crippen LogP contribution in [0.5, 0.6) is 0 Å². The van der Waals surface area contributed by atoms with Gasteiger partial charge in [0.05, 0.1) is 0 Å². The molecule has 0 aromatic heterocycles. The van der Waals surface area contributed by atoms with Crippen molar-refractivity contribution in [3.05, 3.63) is 24.3 Å². The lowest BCUT2D eigenvalue weighted by Gasteiger charge is -2.08. The molecule has 0 atom stereocenters. The number of anilines is 2. The summed E-state index contributed by atoms with van der Waals surface area (Å²) in [5, 5.41) is 23.0. The molecule has 0 aliphatic heterocycles. The maximum Gasteiger partial charge on any atom is 0.224 e. The van der Waals surface area contributed by atoms with Gasteiger partial charge < -0.3 is 20.8 Å². The minimum atomic E-state index is -0.0476. The van der Waals surface area contributed by atoms with E-state index in [0.717, 1.165) is 38.5 Å². The highest BCUT2D eigenvalue weighted by Crippen LogP contribution is 2.15. The molecule has 0 heterocycles. The lowest BCUT2D eigenvalue weighted by Crippen LogP contribution is -2.12. The molecule has 0 bridgehead atoms. The number of nitrogens with one attached hydrogen (secondary N) is 2. The molecule has 0 aliphatic carbocycles. The van der Waals surface area contributed by atoms with Crippen LogP contribution >= 0.6 is 0 Å². The highest BCUT2D eigenvalue weighted by molar-refractivity contribution is 5.92. The van der Waals surface area contributed by atoms with Crippen LogP contribution in [0.3, 0.4) is 0 Å². The van der Waals surface area contributed by atoms with Crippen molar-refractivity contribution in [3.63, 3.8) is 0 Å². The van der Waals surface area contributed by atoms with Gasteiger partial charge in [0.1, 0.15) is 0 Å². The van der Waals surface area contributed by atoms with Gasteiger partial charge in [0, 0.05) is 37.4 Å². The average Bonchev–Trinajstić information content (AvgIpc) is 2.57. The highest BCUT2D eigenvalue weighted by atomic mass is 16.3. The fourth-order valence-corrected chi connectivity index (χ4v) is 2.23. The minimum Gasteiger partial charge on any atom is -0.396 e. The molecule has 6 heteroatoms. The van der Waals surface area contributed by atoms with E-state index >= 15 is 0 Å². The number of amides is 2. The molecule has 0 aliphatic rings. The number of benzene rings is 1. The van der Waals surface area contributed by atoms with Crippen LogP contribution in [0.15, 0.2) is 24.3 Å². The van der Waals surface area contributed by atoms with Crippen LogP contribution in [-0.4, -0.2) is 35.2 Å². The lowest BCUT2D eigenvalue weighted by molar-refractivity contribution is -0.117. The smallest absolute Gasteiger partial charge is 0.224 e. The Balaban J connectivity index is 2.29. The fourth-order valence-electron chi connectivity index (χ4n) is 2.23. The van der Waals surface area contributed by atoms with Crippen LogP contribution in [0.4, 0.5) is 11.4 Å². The molecule has 2 amide bonds. The number of aliphatic hydroxyl groups excluding tert-OH is 2. The summed E-state index contributed by atoms with van der Waals surface area (Å²) in [4.78, 5) is 23.5. The number of carbonyl (C=O) groups excluding carboxylic acids is 2. The standard InChI is InChI=1S/C18H28N2O4/c21-13-5-1-3-7-17(23)19-15-9-11-16(12-10-15)20-18(24)8-4-2-6-14-22/h9-12,21-22H,1-8,13-14H2,(H,19,23)(H,20,24). The Bertz CT molecular complexity index is 443. The Morgan fingerprint density at radius 2 is 1.04 bits per heavy atom. The number of carbonyl (C=O) groups is 2. The molecule has 1 aromatic rings. The van der Waals surface area contributed by atoms with Crippen LogP contribution in [0.25, 0.3) is 0 Å². The van der Waals surface area contributed by atoms with Gasteiger partial charge in [0.25, 0.3) is 0 Å². The molecule has 1 aromatic carbocycles. The van der Waals surface area contributed by atoms with Crippen molar-refractivity contribution in [2.75, 3.05) is 23.8 Å². The zero-order valence-corrected chi connectivity index (χ0v) is 14.1. The summed E-state index contributed by atoms with van der Waals surface area (Å²) in [6.45, 7) is 0.326. The minimum absolute atomic E-state index is 0.0476. The van der Waals surface area contributed by atoms with Gasteiger partial charge in [-0.2, -0.15) is 0 Å². The number of unbranched alkanes of at least 4 members (excludes halogenated alkanes) is 4. The number of hydrogen-bond donors (Lipinski definition) is 4. The van der Waals surface area contributed by atoms with E-state index in [1.807, 2.05) is 0 Å². The summed E-state index contributed by atoms with van der Waals surface area (Å²) in [5.41, 5.74) is 1.39. The molecule has 0 saturated heterocycles. The first-order valence-electron chi connectivity index (χ1n) is 8.57. The Kier molecular flexibility index (Phi) is 10.5. The number of hydrogen-bond acceptors (Lipinski definition) is 4. The van der Waals surface area contributed by atoms with E-state index in [9.17, 15) is 9.59 Å². The molecule has 0 fully saturated rings. The summed E-state index contributed by atoms with van der Waals surface area (Å²) in [6, 6.07) is 7.03. The quantitative estimate of drug-likeness (QED) is 0.441. The first-order chi connectivity index (χ1) is 11.7. The van der Waals surface area contributed by atoms with Crippen molar-refractivity contribution in [3.8, 4) is 0 Å². The van der Waals surface area contributed by atoms with E-state index in [1.165, 1.54) is 0 Å². The Hall–Kier alpha value is -1.92. The van der Waals surface area contributed by atoms with E-state index in [4.69, 9.17) is 10.2 Å². The Morgan fingerprint density at radius 3 is 1.38 bits per heavy atom. The maximum absolute atomic E-state index is 11.7. The van der Waals surface area contributed by atoms with Crippen LogP contribution in [0.2, 0.25) is 0 Å². The highest BCUT2D eigenvalue weighted by Gasteiger charge is 2.04. The van der Waals surface area contributed by atoms with Crippen molar-refractivity contribution in [1.29, 1.82) is 0 Å². The molecular formula is C18H28N2O4. The fraction of sp³-hybridized carbons (Fsp3) is 0.556. The van der Waals surface area contributed by atoms with Crippen molar-refractivity contribution in [2.45, 2.75) is 51.4 Å². The predicted molar refractivity (Wildman–Crippen MR) is 94.8 cm³/mol. The van der Waals surface area contributed by atoms with E-state index in [-0.39, 0.29) is 25.0 Å². The molecule has 0 saturated carbocycles. The molecule has 6 nitrogen and oxygen atoms in total. The van der Waals surface area contributed by atoms with Gasteiger partial charge in [-0.25, -0.2) is 0 Å².